The van der Waals surface area contributed by atoms with Gasteiger partial charge in [0.05, 0.1) is 13.5 Å². The lowest BCUT2D eigenvalue weighted by atomic mass is 10.2. The summed E-state index contributed by atoms with van der Waals surface area (Å²) in [4.78, 5) is 25.9. The third kappa shape index (κ3) is 3.18. The minimum atomic E-state index is -0.160. The van der Waals surface area contributed by atoms with Gasteiger partial charge in [-0.05, 0) is 35.9 Å². The van der Waals surface area contributed by atoms with Crippen LogP contribution >= 0.6 is 0 Å². The van der Waals surface area contributed by atoms with Crippen molar-refractivity contribution >= 4 is 17.5 Å². The number of ether oxygens (including phenoxy) is 1. The number of carbonyl (C=O) groups is 2. The van der Waals surface area contributed by atoms with Gasteiger partial charge in [-0.3, -0.25) is 9.59 Å². The normalized spacial score (nSPS) is 12.9. The average molecular weight is 310 g/mol. The fourth-order valence-corrected chi connectivity index (χ4v) is 2.69. The van der Waals surface area contributed by atoms with Gasteiger partial charge in [-0.2, -0.15) is 0 Å². The van der Waals surface area contributed by atoms with Crippen LogP contribution in [0.5, 0.6) is 5.75 Å². The molecule has 0 saturated heterocycles. The van der Waals surface area contributed by atoms with E-state index in [4.69, 9.17) is 4.74 Å². The van der Waals surface area contributed by atoms with Crippen molar-refractivity contribution in [1.82, 2.24) is 5.32 Å². The Morgan fingerprint density at radius 1 is 1.17 bits per heavy atom. The van der Waals surface area contributed by atoms with Crippen LogP contribution in [0, 0.1) is 0 Å². The number of benzene rings is 2. The number of nitrogens with zero attached hydrogens (tertiary/aromatic N) is 1. The molecule has 1 aliphatic rings. The first kappa shape index (κ1) is 15.1. The number of amides is 2. The van der Waals surface area contributed by atoms with Crippen LogP contribution in [0.4, 0.5) is 5.69 Å². The van der Waals surface area contributed by atoms with E-state index in [-0.39, 0.29) is 11.8 Å². The first-order valence-corrected chi connectivity index (χ1v) is 7.49. The topological polar surface area (TPSA) is 58.6 Å². The third-order valence-corrected chi connectivity index (χ3v) is 3.90. The number of carbonyl (C=O) groups excluding carboxylic acids is 2. The van der Waals surface area contributed by atoms with Crippen LogP contribution < -0.4 is 15.0 Å². The van der Waals surface area contributed by atoms with Crippen molar-refractivity contribution in [3.05, 3.63) is 59.7 Å². The van der Waals surface area contributed by atoms with E-state index < -0.39 is 0 Å². The van der Waals surface area contributed by atoms with E-state index in [1.807, 2.05) is 24.3 Å². The number of methoxy groups -OCH3 is 1. The van der Waals surface area contributed by atoms with Crippen molar-refractivity contribution < 1.29 is 14.3 Å². The zero-order valence-electron chi connectivity index (χ0n) is 12.9. The second-order valence-corrected chi connectivity index (χ2v) is 5.34. The molecule has 0 aliphatic carbocycles. The standard InChI is InChI=1S/C18H18N2O3/c1-23-15-8-6-13(7-9-15)18(22)19-10-11-20-16-5-3-2-4-14(16)12-17(20)21/h2-9H,10-12H2,1H3,(H,19,22). The Kier molecular flexibility index (Phi) is 4.28. The molecule has 0 radical (unpaired) electrons. The molecule has 23 heavy (non-hydrogen) atoms. The van der Waals surface area contributed by atoms with E-state index >= 15 is 0 Å². The van der Waals surface area contributed by atoms with Crippen molar-refractivity contribution in [1.29, 1.82) is 0 Å². The van der Waals surface area contributed by atoms with Gasteiger partial charge in [0.1, 0.15) is 5.75 Å². The number of nitrogens with one attached hydrogen (secondary N) is 1. The van der Waals surface area contributed by atoms with E-state index in [1.165, 1.54) is 0 Å². The summed E-state index contributed by atoms with van der Waals surface area (Å²) in [6, 6.07) is 14.7. The van der Waals surface area contributed by atoms with Crippen molar-refractivity contribution in [3.8, 4) is 5.75 Å². The molecule has 5 heteroatoms. The Morgan fingerprint density at radius 3 is 2.65 bits per heavy atom. The smallest absolute Gasteiger partial charge is 0.251 e. The molecular weight excluding hydrogens is 292 g/mol. The van der Waals surface area contributed by atoms with Gasteiger partial charge in [-0.15, -0.1) is 0 Å². The number of rotatable bonds is 5. The summed E-state index contributed by atoms with van der Waals surface area (Å²) in [6.07, 6.45) is 0.433. The Bertz CT molecular complexity index is 725. The quantitative estimate of drug-likeness (QED) is 0.919. The van der Waals surface area contributed by atoms with Gasteiger partial charge in [0, 0.05) is 24.3 Å². The molecule has 0 atom stereocenters. The van der Waals surface area contributed by atoms with Gasteiger partial charge in [-0.25, -0.2) is 0 Å². The second-order valence-electron chi connectivity index (χ2n) is 5.34. The number of para-hydroxylation sites is 1. The molecule has 2 amide bonds. The maximum absolute atomic E-state index is 12.1. The van der Waals surface area contributed by atoms with Gasteiger partial charge < -0.3 is 15.0 Å². The van der Waals surface area contributed by atoms with Crippen molar-refractivity contribution in [2.45, 2.75) is 6.42 Å². The molecule has 0 unspecified atom stereocenters. The first-order valence-electron chi connectivity index (χ1n) is 7.49. The molecule has 1 N–H and O–H groups in total. The lowest BCUT2D eigenvalue weighted by Gasteiger charge is -2.17. The van der Waals surface area contributed by atoms with Crippen LogP contribution in [0.15, 0.2) is 48.5 Å². The lowest BCUT2D eigenvalue weighted by molar-refractivity contribution is -0.117. The van der Waals surface area contributed by atoms with Gasteiger partial charge in [0.25, 0.3) is 5.91 Å². The van der Waals surface area contributed by atoms with Crippen molar-refractivity contribution in [2.24, 2.45) is 0 Å². The Hall–Kier alpha value is -2.82. The summed E-state index contributed by atoms with van der Waals surface area (Å²) in [6.45, 7) is 0.878. The third-order valence-electron chi connectivity index (χ3n) is 3.90. The highest BCUT2D eigenvalue weighted by Crippen LogP contribution is 2.27. The lowest BCUT2D eigenvalue weighted by Crippen LogP contribution is -2.36. The number of hydrogen-bond donors (Lipinski definition) is 1. The Balaban J connectivity index is 1.57. The zero-order chi connectivity index (χ0) is 16.2. The number of anilines is 1. The summed E-state index contributed by atoms with van der Waals surface area (Å²) < 4.78 is 5.07. The largest absolute Gasteiger partial charge is 0.497 e. The molecule has 1 heterocycles. The predicted molar refractivity (Wildman–Crippen MR) is 87.8 cm³/mol. The van der Waals surface area contributed by atoms with Gasteiger partial charge in [0.15, 0.2) is 0 Å². The van der Waals surface area contributed by atoms with Gasteiger partial charge in [0.2, 0.25) is 5.91 Å². The maximum Gasteiger partial charge on any atom is 0.251 e. The van der Waals surface area contributed by atoms with E-state index in [2.05, 4.69) is 5.32 Å². The molecule has 0 bridgehead atoms. The van der Waals surface area contributed by atoms with Crippen LogP contribution in [0.25, 0.3) is 0 Å². The maximum atomic E-state index is 12.1. The van der Waals surface area contributed by atoms with Crippen LogP contribution in [0.1, 0.15) is 15.9 Å². The highest BCUT2D eigenvalue weighted by molar-refractivity contribution is 6.01. The summed E-state index contributed by atoms with van der Waals surface area (Å²) in [5.41, 5.74) is 2.55. The molecule has 2 aromatic carbocycles. The van der Waals surface area contributed by atoms with E-state index in [0.717, 1.165) is 11.3 Å². The van der Waals surface area contributed by atoms with Crippen molar-refractivity contribution in [3.63, 3.8) is 0 Å². The molecule has 5 nitrogen and oxygen atoms in total. The summed E-state index contributed by atoms with van der Waals surface area (Å²) in [7, 11) is 1.58. The van der Waals surface area contributed by atoms with Crippen LogP contribution in [-0.2, 0) is 11.2 Å². The van der Waals surface area contributed by atoms with Crippen molar-refractivity contribution in [2.75, 3.05) is 25.1 Å². The van der Waals surface area contributed by atoms with E-state index in [0.29, 0.717) is 30.8 Å². The Morgan fingerprint density at radius 2 is 1.91 bits per heavy atom. The van der Waals surface area contributed by atoms with Crippen LogP contribution in [-0.4, -0.2) is 32.0 Å². The summed E-state index contributed by atoms with van der Waals surface area (Å²) >= 11 is 0. The fourth-order valence-electron chi connectivity index (χ4n) is 2.69. The van der Waals surface area contributed by atoms with Gasteiger partial charge >= 0.3 is 0 Å². The number of hydrogen-bond acceptors (Lipinski definition) is 3. The predicted octanol–water partition coefficient (Wildman–Crippen LogP) is 2.01. The summed E-state index contributed by atoms with van der Waals surface area (Å²) in [5.74, 6) is 0.623. The second kappa shape index (κ2) is 6.52. The minimum Gasteiger partial charge on any atom is -0.497 e. The Labute approximate surface area is 134 Å². The first-order chi connectivity index (χ1) is 11.2. The zero-order valence-corrected chi connectivity index (χ0v) is 12.9. The van der Waals surface area contributed by atoms with E-state index in [9.17, 15) is 9.59 Å². The van der Waals surface area contributed by atoms with Gasteiger partial charge in [-0.1, -0.05) is 18.2 Å². The monoisotopic (exact) mass is 310 g/mol. The van der Waals surface area contributed by atoms with Crippen LogP contribution in [0.3, 0.4) is 0 Å². The summed E-state index contributed by atoms with van der Waals surface area (Å²) in [5, 5.41) is 2.84. The molecular formula is C18H18N2O3. The molecule has 0 saturated carbocycles. The highest BCUT2D eigenvalue weighted by Gasteiger charge is 2.26. The SMILES string of the molecule is COc1ccc(C(=O)NCCN2C(=O)Cc3ccccc32)cc1. The van der Waals surface area contributed by atoms with Crippen LogP contribution in [0.2, 0.25) is 0 Å². The molecule has 0 spiro atoms. The highest BCUT2D eigenvalue weighted by atomic mass is 16.5. The molecule has 118 valence electrons. The molecule has 0 aromatic heterocycles. The molecule has 3 rings (SSSR count). The average Bonchev–Trinajstić information content (AvgIpc) is 2.90. The fraction of sp³-hybridized carbons (Fsp3) is 0.222. The molecule has 0 fully saturated rings. The number of fused-ring (bicyclic) bond motifs is 1. The minimum absolute atomic E-state index is 0.0740. The molecule has 1 aliphatic heterocycles. The molecule has 2 aromatic rings. The van der Waals surface area contributed by atoms with E-state index in [1.54, 1.807) is 36.3 Å².